The van der Waals surface area contributed by atoms with Crippen LogP contribution >= 0.6 is 0 Å². The first-order valence-electron chi connectivity index (χ1n) is 3.30. The molecule has 65 valence electrons. The van der Waals surface area contributed by atoms with Gasteiger partial charge in [-0.15, -0.1) is 0 Å². The van der Waals surface area contributed by atoms with E-state index in [1.54, 1.807) is 0 Å². The number of rotatable bonds is 2. The zero-order valence-corrected chi connectivity index (χ0v) is 7.25. The molecule has 1 rings (SSSR count). The molecular weight excluding hydrogens is 178 g/mol. The monoisotopic (exact) mass is 186 g/mol. The standard InChI is InChI=1S/C7H8NO3S/c1-6(12(9,10)11)7-2-4-8-5-3-7/h2-4,6H,1H3,(H,9,10,11). The second-order valence-corrected chi connectivity index (χ2v) is 4.11. The Bertz CT molecular complexity index is 346. The Morgan fingerprint density at radius 1 is 1.67 bits per heavy atom. The van der Waals surface area contributed by atoms with E-state index in [1.165, 1.54) is 25.3 Å². The van der Waals surface area contributed by atoms with Crippen LogP contribution in [0, 0.1) is 6.20 Å². The minimum Gasteiger partial charge on any atom is -0.285 e. The zero-order chi connectivity index (χ0) is 9.19. The molecule has 1 radical (unpaired) electrons. The van der Waals surface area contributed by atoms with E-state index in [0.717, 1.165) is 0 Å². The van der Waals surface area contributed by atoms with Gasteiger partial charge in [0.2, 0.25) is 0 Å². The molecule has 0 spiro atoms. The summed E-state index contributed by atoms with van der Waals surface area (Å²) in [5.41, 5.74) is 0.479. The normalized spacial score (nSPS) is 14.2. The number of aromatic nitrogens is 1. The van der Waals surface area contributed by atoms with E-state index in [2.05, 4.69) is 11.2 Å². The molecule has 0 aliphatic carbocycles. The van der Waals surface area contributed by atoms with Gasteiger partial charge in [0.1, 0.15) is 5.25 Å². The Morgan fingerprint density at radius 2 is 2.33 bits per heavy atom. The summed E-state index contributed by atoms with van der Waals surface area (Å²) in [5, 5.41) is -0.920. The van der Waals surface area contributed by atoms with Crippen LogP contribution in [-0.2, 0) is 10.1 Å². The third-order valence-corrected chi connectivity index (χ3v) is 2.73. The molecule has 0 amide bonds. The maximum absolute atomic E-state index is 10.7. The average Bonchev–Trinajstić information content (AvgIpc) is 2.03. The predicted molar refractivity (Wildman–Crippen MR) is 43.0 cm³/mol. The van der Waals surface area contributed by atoms with Crippen molar-refractivity contribution in [1.82, 2.24) is 4.98 Å². The van der Waals surface area contributed by atoms with Gasteiger partial charge in [-0.2, -0.15) is 8.42 Å². The predicted octanol–water partition coefficient (Wildman–Crippen LogP) is 0.831. The van der Waals surface area contributed by atoms with Crippen molar-refractivity contribution in [3.05, 3.63) is 30.1 Å². The van der Waals surface area contributed by atoms with Crippen LogP contribution in [0.4, 0.5) is 0 Å². The molecule has 0 saturated carbocycles. The molecule has 1 aromatic rings. The lowest BCUT2D eigenvalue weighted by Crippen LogP contribution is -2.08. The van der Waals surface area contributed by atoms with Gasteiger partial charge in [0, 0.05) is 6.20 Å². The van der Waals surface area contributed by atoms with Gasteiger partial charge < -0.3 is 0 Å². The van der Waals surface area contributed by atoms with Gasteiger partial charge >= 0.3 is 0 Å². The lowest BCUT2D eigenvalue weighted by Gasteiger charge is -2.06. The van der Waals surface area contributed by atoms with Crippen LogP contribution in [0.3, 0.4) is 0 Å². The van der Waals surface area contributed by atoms with E-state index < -0.39 is 15.4 Å². The Labute approximate surface area is 71.0 Å². The smallest absolute Gasteiger partial charge is 0.271 e. The summed E-state index contributed by atoms with van der Waals surface area (Å²) in [4.78, 5) is 3.61. The summed E-state index contributed by atoms with van der Waals surface area (Å²) < 4.78 is 30.0. The van der Waals surface area contributed by atoms with E-state index in [9.17, 15) is 8.42 Å². The number of hydrogen-bond acceptors (Lipinski definition) is 3. The van der Waals surface area contributed by atoms with Crippen molar-refractivity contribution < 1.29 is 13.0 Å². The van der Waals surface area contributed by atoms with Gasteiger partial charge in [-0.1, -0.05) is 0 Å². The Balaban J connectivity index is 3.02. The minimum atomic E-state index is -4.00. The molecule has 0 saturated heterocycles. The van der Waals surface area contributed by atoms with Crippen molar-refractivity contribution in [3.63, 3.8) is 0 Å². The van der Waals surface area contributed by atoms with Gasteiger partial charge in [-0.05, 0) is 24.6 Å². The van der Waals surface area contributed by atoms with Gasteiger partial charge in [-0.25, -0.2) is 0 Å². The van der Waals surface area contributed by atoms with Crippen LogP contribution in [0.15, 0.2) is 18.3 Å². The van der Waals surface area contributed by atoms with E-state index in [4.69, 9.17) is 4.55 Å². The number of nitrogens with zero attached hydrogens (tertiary/aromatic N) is 1. The quantitative estimate of drug-likeness (QED) is 0.695. The maximum Gasteiger partial charge on any atom is 0.271 e. The van der Waals surface area contributed by atoms with Gasteiger partial charge in [0.25, 0.3) is 10.1 Å². The highest BCUT2D eigenvalue weighted by Gasteiger charge is 2.18. The van der Waals surface area contributed by atoms with E-state index in [1.807, 2.05) is 0 Å². The lowest BCUT2D eigenvalue weighted by atomic mass is 10.2. The summed E-state index contributed by atoms with van der Waals surface area (Å²) >= 11 is 0. The molecule has 1 N–H and O–H groups in total. The fourth-order valence-electron chi connectivity index (χ4n) is 0.751. The first-order valence-corrected chi connectivity index (χ1v) is 4.80. The summed E-state index contributed by atoms with van der Waals surface area (Å²) in [7, 11) is -4.00. The van der Waals surface area contributed by atoms with Crippen LogP contribution in [0.2, 0.25) is 0 Å². The molecule has 0 aliphatic rings. The first-order chi connectivity index (χ1) is 5.52. The second kappa shape index (κ2) is 3.20. The fraction of sp³-hybridized carbons (Fsp3) is 0.286. The van der Waals surface area contributed by atoms with Gasteiger partial charge in [-0.3, -0.25) is 9.54 Å². The maximum atomic E-state index is 10.7. The third-order valence-electron chi connectivity index (χ3n) is 1.56. The molecule has 1 atom stereocenters. The van der Waals surface area contributed by atoms with Gasteiger partial charge in [0.05, 0.1) is 6.20 Å². The van der Waals surface area contributed by atoms with Crippen molar-refractivity contribution in [2.45, 2.75) is 12.2 Å². The molecule has 5 heteroatoms. The minimum absolute atomic E-state index is 0.479. The van der Waals surface area contributed by atoms with Crippen molar-refractivity contribution in [2.75, 3.05) is 0 Å². The highest BCUT2D eigenvalue weighted by molar-refractivity contribution is 7.86. The molecule has 4 nitrogen and oxygen atoms in total. The summed E-state index contributed by atoms with van der Waals surface area (Å²) in [6, 6.07) is 2.95. The van der Waals surface area contributed by atoms with E-state index >= 15 is 0 Å². The number of pyridine rings is 1. The van der Waals surface area contributed by atoms with E-state index in [0.29, 0.717) is 5.56 Å². The molecule has 0 fully saturated rings. The van der Waals surface area contributed by atoms with Crippen molar-refractivity contribution in [1.29, 1.82) is 0 Å². The Hall–Kier alpha value is -0.940. The molecule has 1 aromatic heterocycles. The topological polar surface area (TPSA) is 67.3 Å². The molecule has 1 heterocycles. The highest BCUT2D eigenvalue weighted by atomic mass is 32.2. The molecule has 12 heavy (non-hydrogen) atoms. The van der Waals surface area contributed by atoms with Crippen molar-refractivity contribution in [2.24, 2.45) is 0 Å². The average molecular weight is 186 g/mol. The molecular formula is C7H8NO3S. The van der Waals surface area contributed by atoms with Crippen LogP contribution < -0.4 is 0 Å². The molecule has 0 aromatic carbocycles. The summed E-state index contributed by atoms with van der Waals surface area (Å²) in [6.45, 7) is 1.40. The van der Waals surface area contributed by atoms with E-state index in [-0.39, 0.29) is 0 Å². The van der Waals surface area contributed by atoms with Crippen LogP contribution in [-0.4, -0.2) is 18.0 Å². The van der Waals surface area contributed by atoms with Crippen LogP contribution in [0.5, 0.6) is 0 Å². The SMILES string of the molecule is CC(c1c[c]ncc1)S(=O)(=O)O. The number of hydrogen-bond donors (Lipinski definition) is 1. The van der Waals surface area contributed by atoms with Gasteiger partial charge in [0.15, 0.2) is 0 Å². The fourth-order valence-corrected chi connectivity index (χ4v) is 1.24. The summed E-state index contributed by atoms with van der Waals surface area (Å²) in [5.74, 6) is 0. The lowest BCUT2D eigenvalue weighted by molar-refractivity contribution is 0.472. The molecule has 0 aliphatic heterocycles. The summed E-state index contributed by atoms with van der Waals surface area (Å²) in [6.07, 6.45) is 3.92. The Morgan fingerprint density at radius 3 is 2.75 bits per heavy atom. The first kappa shape index (κ1) is 9.15. The van der Waals surface area contributed by atoms with Crippen LogP contribution in [0.1, 0.15) is 17.7 Å². The largest absolute Gasteiger partial charge is 0.285 e. The molecule has 0 bridgehead atoms. The Kier molecular flexibility index (Phi) is 2.44. The molecule has 1 unspecified atom stereocenters. The van der Waals surface area contributed by atoms with Crippen molar-refractivity contribution in [3.8, 4) is 0 Å². The highest BCUT2D eigenvalue weighted by Crippen LogP contribution is 2.18. The van der Waals surface area contributed by atoms with Crippen molar-refractivity contribution >= 4 is 10.1 Å². The second-order valence-electron chi connectivity index (χ2n) is 2.38. The van der Waals surface area contributed by atoms with Crippen LogP contribution in [0.25, 0.3) is 0 Å². The third kappa shape index (κ3) is 2.02. The zero-order valence-electron chi connectivity index (χ0n) is 6.43.